The number of amides is 4. The van der Waals surface area contributed by atoms with Crippen LogP contribution in [-0.4, -0.2) is 64.3 Å². The van der Waals surface area contributed by atoms with Crippen molar-refractivity contribution in [3.8, 4) is 11.9 Å². The number of imide groups is 1. The third-order valence-electron chi connectivity index (χ3n) is 7.54. The zero-order chi connectivity index (χ0) is 27.7. The minimum absolute atomic E-state index is 0.124. The highest BCUT2D eigenvalue weighted by molar-refractivity contribution is 5.98. The third kappa shape index (κ3) is 5.81. The molecule has 11 heteroatoms. The van der Waals surface area contributed by atoms with Crippen molar-refractivity contribution in [3.05, 3.63) is 23.9 Å². The summed E-state index contributed by atoms with van der Waals surface area (Å²) in [5, 5.41) is 2.84. The Hall–Kier alpha value is -3.50. The van der Waals surface area contributed by atoms with Crippen LogP contribution in [0.2, 0.25) is 0 Å². The largest absolute Gasteiger partial charge is 0.474 e. The Labute approximate surface area is 222 Å². The highest BCUT2D eigenvalue weighted by atomic mass is 16.5. The first kappa shape index (κ1) is 27.5. The van der Waals surface area contributed by atoms with Crippen molar-refractivity contribution in [2.24, 2.45) is 23.5 Å². The molecule has 2 saturated carbocycles. The summed E-state index contributed by atoms with van der Waals surface area (Å²) in [6.45, 7) is 6.17. The van der Waals surface area contributed by atoms with Crippen LogP contribution >= 0.6 is 0 Å². The van der Waals surface area contributed by atoms with Crippen molar-refractivity contribution in [2.75, 3.05) is 13.7 Å². The van der Waals surface area contributed by atoms with Crippen LogP contribution in [0.4, 0.5) is 4.79 Å². The smallest absolute Gasteiger partial charge is 0.321 e. The monoisotopic (exact) mass is 526 g/mol. The van der Waals surface area contributed by atoms with E-state index in [1.807, 2.05) is 39.2 Å². The molecule has 1 aliphatic heterocycles. The molecule has 205 valence electrons. The Kier molecular flexibility index (Phi) is 7.75. The van der Waals surface area contributed by atoms with Crippen LogP contribution in [0.15, 0.2) is 18.2 Å². The van der Waals surface area contributed by atoms with Crippen molar-refractivity contribution in [2.45, 2.75) is 76.4 Å². The van der Waals surface area contributed by atoms with Gasteiger partial charge in [-0.05, 0) is 38.5 Å². The minimum Gasteiger partial charge on any atom is -0.474 e. The molecule has 2 aliphatic carbocycles. The molecule has 1 aromatic rings. The predicted molar refractivity (Wildman–Crippen MR) is 137 cm³/mol. The number of allylic oxidation sites excluding steroid dienone is 1. The number of methoxy groups -OCH3 is 1. The van der Waals surface area contributed by atoms with Crippen LogP contribution in [-0.2, 0) is 19.8 Å². The summed E-state index contributed by atoms with van der Waals surface area (Å²) in [5.41, 5.74) is 4.89. The summed E-state index contributed by atoms with van der Waals surface area (Å²) in [6, 6.07) is 1.01. The number of rotatable bonds is 4. The highest BCUT2D eigenvalue weighted by Crippen LogP contribution is 2.45. The van der Waals surface area contributed by atoms with Gasteiger partial charge in [-0.3, -0.25) is 19.3 Å². The zero-order valence-electron chi connectivity index (χ0n) is 22.4. The fourth-order valence-corrected chi connectivity index (χ4v) is 5.20. The van der Waals surface area contributed by atoms with Gasteiger partial charge in [0.15, 0.2) is 0 Å². The lowest BCUT2D eigenvalue weighted by molar-refractivity contribution is -0.138. The SMILES string of the molecule is COc1nc(OC2CC3C(=O)NC4([C]=O)CC4/C=C/CCCCN(C(N)=O)C(=O)C3C2)cc(C(C)(C)C)n1. The molecule has 0 bridgehead atoms. The van der Waals surface area contributed by atoms with E-state index >= 15 is 0 Å². The molecule has 1 radical (unpaired) electrons. The number of nitrogens with zero attached hydrogens (tertiary/aromatic N) is 3. The Morgan fingerprint density at radius 2 is 1.95 bits per heavy atom. The van der Waals surface area contributed by atoms with Crippen molar-refractivity contribution in [3.63, 3.8) is 0 Å². The van der Waals surface area contributed by atoms with Gasteiger partial charge in [-0.2, -0.15) is 9.97 Å². The number of nitrogens with one attached hydrogen (secondary N) is 1. The van der Waals surface area contributed by atoms with Gasteiger partial charge in [0.25, 0.3) is 0 Å². The van der Waals surface area contributed by atoms with E-state index in [0.717, 1.165) is 17.7 Å². The van der Waals surface area contributed by atoms with E-state index in [-0.39, 0.29) is 42.6 Å². The van der Waals surface area contributed by atoms with Crippen LogP contribution in [0.1, 0.15) is 65.0 Å². The lowest BCUT2D eigenvalue weighted by Crippen LogP contribution is -2.49. The maximum atomic E-state index is 13.6. The number of ether oxygens (including phenoxy) is 2. The predicted octanol–water partition coefficient (Wildman–Crippen LogP) is 2.19. The fourth-order valence-electron chi connectivity index (χ4n) is 5.20. The van der Waals surface area contributed by atoms with Crippen LogP contribution in [0, 0.1) is 17.8 Å². The number of fused-ring (bicyclic) bond motifs is 2. The molecular formula is C27H36N5O6. The van der Waals surface area contributed by atoms with Gasteiger partial charge < -0.3 is 20.5 Å². The average molecular weight is 527 g/mol. The molecule has 4 amide bonds. The van der Waals surface area contributed by atoms with Gasteiger partial charge in [-0.1, -0.05) is 32.9 Å². The first-order valence-corrected chi connectivity index (χ1v) is 13.1. The molecule has 0 aromatic carbocycles. The molecule has 3 aliphatic rings. The van der Waals surface area contributed by atoms with Crippen LogP contribution in [0.25, 0.3) is 0 Å². The molecule has 5 unspecified atom stereocenters. The quantitative estimate of drug-likeness (QED) is 0.566. The van der Waals surface area contributed by atoms with Gasteiger partial charge >= 0.3 is 12.0 Å². The number of aromatic nitrogens is 2. The first-order chi connectivity index (χ1) is 18.0. The number of carbonyl (C=O) groups excluding carboxylic acids is 4. The molecule has 1 aromatic heterocycles. The molecule has 0 spiro atoms. The van der Waals surface area contributed by atoms with Gasteiger partial charge in [0, 0.05) is 23.9 Å². The standard InChI is InChI=1S/C27H36N5O6/c1-26(2,3)20-13-21(30-25(29-20)37-4)38-17-11-18-19(12-17)23(35)32(24(28)36)10-8-6-5-7-9-16-14-27(16,15-33)31-22(18)34/h7,9,13,16-19H,5-6,8,10-12,14H2,1-4H3,(H2,28,36)(H,31,34)/b9-7+. The lowest BCUT2D eigenvalue weighted by atomic mass is 9.92. The van der Waals surface area contributed by atoms with Crippen molar-refractivity contribution in [1.82, 2.24) is 20.2 Å². The van der Waals surface area contributed by atoms with E-state index in [4.69, 9.17) is 15.2 Å². The average Bonchev–Trinajstić information content (AvgIpc) is 3.37. The Bertz CT molecular complexity index is 1130. The second kappa shape index (κ2) is 10.7. The first-order valence-electron chi connectivity index (χ1n) is 13.1. The molecular weight excluding hydrogens is 490 g/mol. The summed E-state index contributed by atoms with van der Waals surface area (Å²) in [6.07, 6.45) is 8.23. The van der Waals surface area contributed by atoms with E-state index < -0.39 is 41.3 Å². The Morgan fingerprint density at radius 3 is 2.61 bits per heavy atom. The molecule has 2 heterocycles. The summed E-state index contributed by atoms with van der Waals surface area (Å²) in [7, 11) is 1.46. The van der Waals surface area contributed by atoms with E-state index in [2.05, 4.69) is 15.3 Å². The van der Waals surface area contributed by atoms with Crippen molar-refractivity contribution >= 4 is 24.1 Å². The zero-order valence-corrected chi connectivity index (χ0v) is 22.4. The fraction of sp³-hybridized carbons (Fsp3) is 0.630. The van der Waals surface area contributed by atoms with Crippen LogP contribution in [0.5, 0.6) is 11.9 Å². The van der Waals surface area contributed by atoms with Gasteiger partial charge in [0.2, 0.25) is 24.0 Å². The molecule has 5 atom stereocenters. The number of primary amides is 1. The molecule has 4 rings (SSSR count). The minimum atomic E-state index is -1.09. The number of nitrogens with two attached hydrogens (primary N) is 1. The third-order valence-corrected chi connectivity index (χ3v) is 7.54. The number of hydrogen-bond acceptors (Lipinski definition) is 8. The summed E-state index contributed by atoms with van der Waals surface area (Å²) in [5.74, 6) is -2.48. The number of carbonyl (C=O) groups is 3. The van der Waals surface area contributed by atoms with Crippen LogP contribution < -0.4 is 20.5 Å². The van der Waals surface area contributed by atoms with Crippen molar-refractivity contribution < 1.29 is 28.7 Å². The van der Waals surface area contributed by atoms with E-state index in [1.54, 1.807) is 6.07 Å². The number of urea groups is 1. The summed E-state index contributed by atoms with van der Waals surface area (Å²) < 4.78 is 11.4. The molecule has 0 saturated heterocycles. The molecule has 38 heavy (non-hydrogen) atoms. The van der Waals surface area contributed by atoms with E-state index in [9.17, 15) is 19.2 Å². The maximum Gasteiger partial charge on any atom is 0.321 e. The van der Waals surface area contributed by atoms with Gasteiger partial charge in [-0.25, -0.2) is 4.79 Å². The Balaban J connectivity index is 1.62. The van der Waals surface area contributed by atoms with Gasteiger partial charge in [0.05, 0.1) is 24.6 Å². The highest BCUT2D eigenvalue weighted by Gasteiger charge is 2.57. The lowest BCUT2D eigenvalue weighted by Gasteiger charge is -2.26. The van der Waals surface area contributed by atoms with Crippen molar-refractivity contribution in [1.29, 1.82) is 0 Å². The summed E-state index contributed by atoms with van der Waals surface area (Å²) >= 11 is 0. The molecule has 3 N–H and O–H groups in total. The maximum absolute atomic E-state index is 13.6. The second-order valence-electron chi connectivity index (χ2n) is 11.4. The summed E-state index contributed by atoms with van der Waals surface area (Å²) in [4.78, 5) is 60.8. The second-order valence-corrected chi connectivity index (χ2v) is 11.4. The molecule has 11 nitrogen and oxygen atoms in total. The molecule has 2 fully saturated rings. The van der Waals surface area contributed by atoms with Gasteiger partial charge in [-0.15, -0.1) is 0 Å². The van der Waals surface area contributed by atoms with Gasteiger partial charge in [0.1, 0.15) is 11.6 Å². The van der Waals surface area contributed by atoms with Crippen LogP contribution in [0.3, 0.4) is 0 Å². The normalized spacial score (nSPS) is 30.8. The Morgan fingerprint density at radius 1 is 1.21 bits per heavy atom. The van der Waals surface area contributed by atoms with E-state index in [0.29, 0.717) is 18.5 Å². The topological polar surface area (TPSA) is 154 Å². The van der Waals surface area contributed by atoms with E-state index in [1.165, 1.54) is 7.11 Å². The number of hydrogen-bond donors (Lipinski definition) is 2.